The largest absolute Gasteiger partial charge is 0.490 e. The summed E-state index contributed by atoms with van der Waals surface area (Å²) in [5.74, 6) is -4.44. The summed E-state index contributed by atoms with van der Waals surface area (Å²) in [5, 5.41) is 17.5. The van der Waals surface area contributed by atoms with E-state index in [9.17, 15) is 31.1 Å². The van der Waals surface area contributed by atoms with E-state index in [1.807, 2.05) is 29.6 Å². The molecular formula is C24H28F6N6O5S. The third kappa shape index (κ3) is 7.45. The second-order valence-corrected chi connectivity index (χ2v) is 11.0. The minimum absolute atomic E-state index is 0.00736. The van der Waals surface area contributed by atoms with Crippen molar-refractivity contribution in [2.24, 2.45) is 10.8 Å². The van der Waals surface area contributed by atoms with Gasteiger partial charge in [-0.2, -0.15) is 26.3 Å². The van der Waals surface area contributed by atoms with E-state index in [1.165, 1.54) is 5.01 Å². The summed E-state index contributed by atoms with van der Waals surface area (Å²) in [4.78, 5) is 51.2. The topological polar surface area (TPSA) is 140 Å². The predicted octanol–water partition coefficient (Wildman–Crippen LogP) is 3.15. The number of likely N-dealkylation sites (tertiary alicyclic amines) is 2. The van der Waals surface area contributed by atoms with Crippen LogP contribution in [0.15, 0.2) is 30.0 Å². The number of alkyl halides is 6. The van der Waals surface area contributed by atoms with Gasteiger partial charge in [0.2, 0.25) is 11.9 Å². The molecule has 3 aliphatic rings. The van der Waals surface area contributed by atoms with Gasteiger partial charge in [-0.15, -0.1) is 11.3 Å². The van der Waals surface area contributed by atoms with Crippen molar-refractivity contribution in [2.75, 3.05) is 44.7 Å². The standard InChI is InChI=1S/C20H26N6OS.2C2HF3O2/c1-24-9-5-20(17(24)27)15-26(18-22-6-2-7-23-18)14-19(20)3-10-25(11-4-19)13-16-21-8-12-28-16;2*3-2(4,5)1(6)7/h2,6-8,12H,3-5,9-11,13-15H2,1H3;2*(H,6,7). The van der Waals surface area contributed by atoms with E-state index < -0.39 is 24.3 Å². The van der Waals surface area contributed by atoms with Crippen molar-refractivity contribution in [3.8, 4) is 0 Å². The molecule has 3 aliphatic heterocycles. The molecule has 2 aromatic heterocycles. The van der Waals surface area contributed by atoms with Gasteiger partial charge in [0.1, 0.15) is 5.01 Å². The van der Waals surface area contributed by atoms with E-state index in [1.54, 1.807) is 23.7 Å². The number of nitrogens with zero attached hydrogens (tertiary/aromatic N) is 6. The van der Waals surface area contributed by atoms with Crippen molar-refractivity contribution >= 4 is 35.1 Å². The van der Waals surface area contributed by atoms with E-state index in [0.29, 0.717) is 5.91 Å². The highest BCUT2D eigenvalue weighted by Gasteiger charge is 2.65. The summed E-state index contributed by atoms with van der Waals surface area (Å²) in [6, 6.07) is 1.84. The third-order valence-electron chi connectivity index (χ3n) is 7.58. The summed E-state index contributed by atoms with van der Waals surface area (Å²) in [6.45, 7) is 5.42. The number of amides is 1. The molecule has 1 amide bonds. The van der Waals surface area contributed by atoms with Crippen LogP contribution in [0.4, 0.5) is 32.3 Å². The lowest BCUT2D eigenvalue weighted by atomic mass is 9.60. The number of aliphatic carboxylic acids is 2. The molecule has 2 aromatic rings. The number of anilines is 1. The molecule has 0 saturated carbocycles. The maximum atomic E-state index is 13.4. The summed E-state index contributed by atoms with van der Waals surface area (Å²) in [5.41, 5.74) is -0.290. The molecule has 11 nitrogen and oxygen atoms in total. The Morgan fingerprint density at radius 2 is 1.45 bits per heavy atom. The van der Waals surface area contributed by atoms with E-state index in [2.05, 4.69) is 24.8 Å². The normalized spacial score (nSPS) is 22.0. The average Bonchev–Trinajstić information content (AvgIpc) is 3.62. The summed E-state index contributed by atoms with van der Waals surface area (Å²) >= 11 is 1.72. The molecule has 1 unspecified atom stereocenters. The van der Waals surface area contributed by atoms with Crippen molar-refractivity contribution in [1.82, 2.24) is 24.8 Å². The van der Waals surface area contributed by atoms with Crippen LogP contribution in [-0.2, 0) is 20.9 Å². The molecule has 0 aliphatic carbocycles. The highest BCUT2D eigenvalue weighted by molar-refractivity contribution is 7.09. The average molecular weight is 627 g/mol. The Labute approximate surface area is 239 Å². The molecule has 3 fully saturated rings. The summed E-state index contributed by atoms with van der Waals surface area (Å²) in [6.07, 6.45) is -1.68. The number of halogens is 6. The Morgan fingerprint density at radius 3 is 1.88 bits per heavy atom. The van der Waals surface area contributed by atoms with Crippen molar-refractivity contribution in [2.45, 2.75) is 38.2 Å². The van der Waals surface area contributed by atoms with Crippen LogP contribution in [0.25, 0.3) is 0 Å². The van der Waals surface area contributed by atoms with Gasteiger partial charge in [-0.25, -0.2) is 24.5 Å². The first-order valence-corrected chi connectivity index (χ1v) is 13.4. The lowest BCUT2D eigenvalue weighted by molar-refractivity contribution is -0.193. The number of carboxylic acids is 2. The Bertz CT molecular complexity index is 1200. The number of hydrogen-bond acceptors (Lipinski definition) is 9. The molecule has 0 bridgehead atoms. The fourth-order valence-corrected chi connectivity index (χ4v) is 6.19. The number of carbonyl (C=O) groups excluding carboxylic acids is 1. The van der Waals surface area contributed by atoms with Gasteiger partial charge in [0.25, 0.3) is 0 Å². The van der Waals surface area contributed by atoms with E-state index in [4.69, 9.17) is 19.8 Å². The number of aromatic nitrogens is 3. The van der Waals surface area contributed by atoms with Crippen molar-refractivity contribution in [3.05, 3.63) is 35.0 Å². The van der Waals surface area contributed by atoms with Crippen molar-refractivity contribution in [3.63, 3.8) is 0 Å². The zero-order valence-corrected chi connectivity index (χ0v) is 23.0. The number of piperidine rings is 1. The van der Waals surface area contributed by atoms with E-state index in [0.717, 1.165) is 64.5 Å². The van der Waals surface area contributed by atoms with E-state index >= 15 is 0 Å². The number of carboxylic acid groups (broad SMARTS) is 2. The van der Waals surface area contributed by atoms with Crippen LogP contribution in [0.1, 0.15) is 24.3 Å². The Kier molecular flexibility index (Phi) is 10.0. The smallest absolute Gasteiger partial charge is 0.475 e. The second kappa shape index (κ2) is 12.8. The lowest BCUT2D eigenvalue weighted by Gasteiger charge is -2.46. The molecule has 1 atom stereocenters. The number of rotatable bonds is 3. The Hall–Kier alpha value is -3.54. The quantitative estimate of drug-likeness (QED) is 0.489. The van der Waals surface area contributed by atoms with Crippen LogP contribution in [0.3, 0.4) is 0 Å². The molecule has 232 valence electrons. The van der Waals surface area contributed by atoms with Crippen molar-refractivity contribution in [1.29, 1.82) is 0 Å². The SMILES string of the molecule is CN1CCC2(CN(c3ncccn3)CC23CCN(Cc2nccs2)CC3)C1=O.O=C(O)C(F)(F)F.O=C(O)C(F)(F)F. The lowest BCUT2D eigenvalue weighted by Crippen LogP contribution is -2.52. The number of carbonyl (C=O) groups is 3. The molecular weight excluding hydrogens is 598 g/mol. The molecule has 3 saturated heterocycles. The highest BCUT2D eigenvalue weighted by atomic mass is 32.1. The van der Waals surface area contributed by atoms with Crippen molar-refractivity contribution < 1.29 is 50.9 Å². The number of thiazole rings is 1. The minimum Gasteiger partial charge on any atom is -0.475 e. The van der Waals surface area contributed by atoms with Gasteiger partial charge in [-0.3, -0.25) is 9.69 Å². The first-order chi connectivity index (χ1) is 19.5. The van der Waals surface area contributed by atoms with Gasteiger partial charge < -0.3 is 20.0 Å². The van der Waals surface area contributed by atoms with Gasteiger partial charge in [0.15, 0.2) is 0 Å². The molecule has 0 aromatic carbocycles. The molecule has 42 heavy (non-hydrogen) atoms. The Balaban J connectivity index is 0.000000289. The van der Waals surface area contributed by atoms with Gasteiger partial charge in [-0.05, 0) is 38.4 Å². The minimum atomic E-state index is -5.08. The van der Waals surface area contributed by atoms with Crippen LogP contribution in [-0.4, -0.2) is 105 Å². The van der Waals surface area contributed by atoms with Crippen LogP contribution in [0, 0.1) is 10.8 Å². The highest BCUT2D eigenvalue weighted by Crippen LogP contribution is 2.58. The van der Waals surface area contributed by atoms with Gasteiger partial charge >= 0.3 is 24.3 Å². The van der Waals surface area contributed by atoms with E-state index in [-0.39, 0.29) is 10.8 Å². The zero-order chi connectivity index (χ0) is 31.3. The maximum Gasteiger partial charge on any atom is 0.490 e. The predicted molar refractivity (Wildman–Crippen MR) is 135 cm³/mol. The summed E-state index contributed by atoms with van der Waals surface area (Å²) < 4.78 is 63.5. The molecule has 5 heterocycles. The number of fused-ring (bicyclic) bond motifs is 1. The first-order valence-electron chi connectivity index (χ1n) is 12.5. The molecule has 0 radical (unpaired) electrons. The van der Waals surface area contributed by atoms with Crippen LogP contribution >= 0.6 is 11.3 Å². The van der Waals surface area contributed by atoms with Crippen LogP contribution in [0.2, 0.25) is 0 Å². The van der Waals surface area contributed by atoms with Gasteiger partial charge in [0.05, 0.1) is 12.0 Å². The fourth-order valence-electron chi connectivity index (χ4n) is 5.53. The second-order valence-electron chi connectivity index (χ2n) is 10.1. The molecule has 5 rings (SSSR count). The summed E-state index contributed by atoms with van der Waals surface area (Å²) in [7, 11) is 1.95. The van der Waals surface area contributed by atoms with Gasteiger partial charge in [-0.1, -0.05) is 0 Å². The molecule has 18 heteroatoms. The zero-order valence-electron chi connectivity index (χ0n) is 22.2. The third-order valence-corrected chi connectivity index (χ3v) is 8.34. The van der Waals surface area contributed by atoms with Crippen LogP contribution in [0.5, 0.6) is 0 Å². The monoisotopic (exact) mass is 626 g/mol. The Morgan fingerprint density at radius 1 is 0.905 bits per heavy atom. The fraction of sp³-hybridized carbons (Fsp3) is 0.583. The van der Waals surface area contributed by atoms with Crippen LogP contribution < -0.4 is 4.90 Å². The number of hydrogen-bond donors (Lipinski definition) is 2. The maximum absolute atomic E-state index is 13.4. The molecule has 2 spiro atoms. The molecule has 2 N–H and O–H groups in total. The first kappa shape index (κ1) is 33.0. The van der Waals surface area contributed by atoms with Gasteiger partial charge in [0, 0.05) is 56.1 Å².